The predicted octanol–water partition coefficient (Wildman–Crippen LogP) is 2.50. The molecule has 1 saturated heterocycles. The number of nitriles is 1. The summed E-state index contributed by atoms with van der Waals surface area (Å²) in [5.41, 5.74) is 5.00. The lowest BCUT2D eigenvalue weighted by molar-refractivity contribution is -0.170. The van der Waals surface area contributed by atoms with Crippen molar-refractivity contribution in [3.63, 3.8) is 0 Å². The van der Waals surface area contributed by atoms with Crippen LogP contribution in [0.25, 0.3) is 5.52 Å². The van der Waals surface area contributed by atoms with Gasteiger partial charge in [-0.15, -0.1) is 0 Å². The average molecular weight is 704 g/mol. The Morgan fingerprint density at radius 3 is 2.37 bits per heavy atom. The number of anilines is 1. The van der Waals surface area contributed by atoms with Crippen LogP contribution in [0, 0.1) is 11.3 Å². The predicted molar refractivity (Wildman–Crippen MR) is 170 cm³/mol. The number of para-hydroxylation sites is 1. The van der Waals surface area contributed by atoms with E-state index in [9.17, 15) is 24.2 Å². The highest BCUT2D eigenvalue weighted by Gasteiger charge is 2.62. The number of methoxy groups -OCH3 is 3. The molecule has 0 aliphatic carbocycles. The highest BCUT2D eigenvalue weighted by atomic mass is 31.2. The van der Waals surface area contributed by atoms with Crippen LogP contribution in [-0.2, 0) is 51.9 Å². The highest BCUT2D eigenvalue weighted by molar-refractivity contribution is 7.52. The Labute approximate surface area is 282 Å². The third-order valence-corrected chi connectivity index (χ3v) is 8.99. The standard InChI is InChI=1S/C31H38N5O12P/c1-20(30(39)43-4)35-49(40,48-21-8-6-5-7-9-21)44-19-31(18-32)29(46-26(38)14-17-42-3)28(45-25(37)13-16-41-2)27(47-31)24-11-10-23-22(33)12-15-34-36(23)24/h5-12,15,20,27-29H,13-14,16-17,19,33H2,1-4H3,(H,35,40)/t20-,27-,28-,29-,31+,49-/m0/s1. The Bertz CT molecular complexity index is 1700. The van der Waals surface area contributed by atoms with Gasteiger partial charge in [0.1, 0.15) is 30.6 Å². The highest BCUT2D eigenvalue weighted by Crippen LogP contribution is 2.50. The lowest BCUT2D eigenvalue weighted by atomic mass is 9.95. The maximum Gasteiger partial charge on any atom is 0.459 e. The van der Waals surface area contributed by atoms with Crippen LogP contribution in [0.4, 0.5) is 5.69 Å². The zero-order valence-electron chi connectivity index (χ0n) is 27.3. The molecular formula is C31H38N5O12P. The first kappa shape index (κ1) is 37.3. The topological polar surface area (TPSA) is 221 Å². The second-order valence-corrected chi connectivity index (χ2v) is 12.5. The third-order valence-electron chi connectivity index (χ3n) is 7.36. The maximum absolute atomic E-state index is 14.2. The van der Waals surface area contributed by atoms with Crippen molar-refractivity contribution in [2.45, 2.75) is 49.7 Å². The number of carbonyl (C=O) groups is 3. The van der Waals surface area contributed by atoms with E-state index in [4.69, 9.17) is 43.2 Å². The summed E-state index contributed by atoms with van der Waals surface area (Å²) in [5, 5.41) is 17.6. The van der Waals surface area contributed by atoms with Crippen LogP contribution >= 0.6 is 7.75 Å². The summed E-state index contributed by atoms with van der Waals surface area (Å²) in [6.45, 7) is 0.479. The van der Waals surface area contributed by atoms with Crippen LogP contribution in [0.15, 0.2) is 54.7 Å². The van der Waals surface area contributed by atoms with Crippen molar-refractivity contribution >= 4 is 36.9 Å². The number of esters is 3. The lowest BCUT2D eigenvalue weighted by Gasteiger charge is -2.30. The van der Waals surface area contributed by atoms with Crippen LogP contribution in [-0.4, -0.2) is 92.5 Å². The van der Waals surface area contributed by atoms with E-state index >= 15 is 0 Å². The van der Waals surface area contributed by atoms with Crippen molar-refractivity contribution in [2.24, 2.45) is 0 Å². The number of ether oxygens (including phenoxy) is 6. The summed E-state index contributed by atoms with van der Waals surface area (Å²) in [6.07, 6.45) is -3.40. The van der Waals surface area contributed by atoms with Crippen molar-refractivity contribution < 1.29 is 56.4 Å². The summed E-state index contributed by atoms with van der Waals surface area (Å²) in [7, 11) is -0.603. The van der Waals surface area contributed by atoms with Gasteiger partial charge in [-0.25, -0.2) is 9.08 Å². The number of nitrogen functional groups attached to an aromatic ring is 1. The Hall–Kier alpha value is -4.56. The molecule has 1 fully saturated rings. The van der Waals surface area contributed by atoms with Gasteiger partial charge in [-0.1, -0.05) is 18.2 Å². The first-order valence-corrected chi connectivity index (χ1v) is 16.6. The SMILES string of the molecule is COCCC(=O)O[C@H]1[C@H](c2ccc3c(N)ccnn23)O[C@](C#N)(CO[P@@](=O)(N[C@@H](C)C(=O)OC)Oc2ccccc2)[C@H]1OC(=O)CCOC. The van der Waals surface area contributed by atoms with Crippen molar-refractivity contribution in [3.8, 4) is 11.8 Å². The zero-order valence-corrected chi connectivity index (χ0v) is 28.2. The summed E-state index contributed by atoms with van der Waals surface area (Å²) in [4.78, 5) is 38.4. The average Bonchev–Trinajstić information content (AvgIpc) is 3.65. The van der Waals surface area contributed by atoms with Gasteiger partial charge in [-0.2, -0.15) is 15.4 Å². The molecule has 3 heterocycles. The molecule has 0 spiro atoms. The minimum absolute atomic E-state index is 0.0120. The van der Waals surface area contributed by atoms with Crippen molar-refractivity contribution in [1.29, 1.82) is 5.26 Å². The normalized spacial score (nSPS) is 22.1. The fourth-order valence-electron chi connectivity index (χ4n) is 4.95. The van der Waals surface area contributed by atoms with E-state index in [0.29, 0.717) is 11.2 Å². The first-order chi connectivity index (χ1) is 23.5. The molecule has 0 saturated carbocycles. The maximum atomic E-state index is 14.2. The van der Waals surface area contributed by atoms with Crippen LogP contribution in [0.3, 0.4) is 0 Å². The number of nitrogens with two attached hydrogens (primary N) is 1. The van der Waals surface area contributed by atoms with E-state index in [-0.39, 0.29) is 37.5 Å². The molecule has 0 radical (unpaired) electrons. The second kappa shape index (κ2) is 16.7. The molecule has 49 heavy (non-hydrogen) atoms. The summed E-state index contributed by atoms with van der Waals surface area (Å²) < 4.78 is 59.9. The van der Waals surface area contributed by atoms with Gasteiger partial charge in [0.25, 0.3) is 0 Å². The summed E-state index contributed by atoms with van der Waals surface area (Å²) in [5.74, 6) is -2.26. The van der Waals surface area contributed by atoms with Crippen molar-refractivity contribution in [3.05, 3.63) is 60.4 Å². The van der Waals surface area contributed by atoms with E-state index in [1.54, 1.807) is 36.4 Å². The van der Waals surface area contributed by atoms with Gasteiger partial charge in [0.15, 0.2) is 12.2 Å². The molecular weight excluding hydrogens is 665 g/mol. The molecule has 6 atom stereocenters. The number of rotatable bonds is 17. The molecule has 2 aromatic heterocycles. The van der Waals surface area contributed by atoms with Crippen LogP contribution in [0.5, 0.6) is 5.75 Å². The molecule has 18 heteroatoms. The molecule has 0 amide bonds. The monoisotopic (exact) mass is 703 g/mol. The van der Waals surface area contributed by atoms with Gasteiger partial charge < -0.3 is 38.7 Å². The minimum atomic E-state index is -4.54. The molecule has 1 aliphatic rings. The molecule has 1 aromatic carbocycles. The summed E-state index contributed by atoms with van der Waals surface area (Å²) >= 11 is 0. The Morgan fingerprint density at radius 1 is 1.06 bits per heavy atom. The molecule has 1 aliphatic heterocycles. The molecule has 17 nitrogen and oxygen atoms in total. The van der Waals surface area contributed by atoms with Gasteiger partial charge >= 0.3 is 25.7 Å². The van der Waals surface area contributed by atoms with E-state index in [1.807, 2.05) is 6.07 Å². The Balaban J connectivity index is 1.79. The fraction of sp³-hybridized carbons (Fsp3) is 0.452. The van der Waals surface area contributed by atoms with Gasteiger partial charge in [-0.05, 0) is 37.3 Å². The number of aromatic nitrogens is 2. The molecule has 0 bridgehead atoms. The van der Waals surface area contributed by atoms with Gasteiger partial charge in [0, 0.05) is 20.4 Å². The number of hydrogen-bond donors (Lipinski definition) is 2. The number of hydrogen-bond acceptors (Lipinski definition) is 15. The second-order valence-electron chi connectivity index (χ2n) is 10.8. The number of nitrogens with zero attached hydrogens (tertiary/aromatic N) is 3. The first-order valence-electron chi connectivity index (χ1n) is 15.0. The molecule has 3 aromatic rings. The quantitative estimate of drug-likeness (QED) is 0.117. The lowest BCUT2D eigenvalue weighted by Crippen LogP contribution is -2.50. The van der Waals surface area contributed by atoms with Gasteiger partial charge in [0.05, 0.1) is 50.1 Å². The van der Waals surface area contributed by atoms with Gasteiger partial charge in [0.2, 0.25) is 5.60 Å². The van der Waals surface area contributed by atoms with Crippen molar-refractivity contribution in [1.82, 2.24) is 14.7 Å². The fourth-order valence-corrected chi connectivity index (χ4v) is 6.47. The number of nitrogens with one attached hydrogen (secondary N) is 1. The largest absolute Gasteiger partial charge is 0.468 e. The van der Waals surface area contributed by atoms with Crippen molar-refractivity contribution in [2.75, 3.05) is 46.9 Å². The smallest absolute Gasteiger partial charge is 0.459 e. The third kappa shape index (κ3) is 8.92. The van der Waals surface area contributed by atoms with Gasteiger partial charge in [-0.3, -0.25) is 18.9 Å². The molecule has 0 unspecified atom stereocenters. The van der Waals surface area contributed by atoms with Crippen LogP contribution in [0.2, 0.25) is 0 Å². The molecule has 3 N–H and O–H groups in total. The van der Waals surface area contributed by atoms with E-state index in [0.717, 1.165) is 7.11 Å². The minimum Gasteiger partial charge on any atom is -0.468 e. The number of fused-ring (bicyclic) bond motifs is 1. The molecule has 264 valence electrons. The summed E-state index contributed by atoms with van der Waals surface area (Å²) in [6, 6.07) is 13.5. The zero-order chi connectivity index (χ0) is 35.6. The van der Waals surface area contributed by atoms with Crippen LogP contribution in [0.1, 0.15) is 31.6 Å². The van der Waals surface area contributed by atoms with E-state index in [2.05, 4.69) is 10.2 Å². The number of benzene rings is 1. The molecule has 4 rings (SSSR count). The van der Waals surface area contributed by atoms with E-state index < -0.39 is 62.2 Å². The van der Waals surface area contributed by atoms with Crippen LogP contribution < -0.4 is 15.3 Å². The Kier molecular flexibility index (Phi) is 12.7. The number of carbonyl (C=O) groups excluding carboxylic acids is 3. The Morgan fingerprint density at radius 2 is 1.73 bits per heavy atom. The van der Waals surface area contributed by atoms with E-state index in [1.165, 1.54) is 44.0 Å².